The maximum atomic E-state index is 12.7. The summed E-state index contributed by atoms with van der Waals surface area (Å²) in [4.78, 5) is 39.6. The van der Waals surface area contributed by atoms with Crippen molar-refractivity contribution in [1.29, 1.82) is 0 Å². The first kappa shape index (κ1) is 20.4. The van der Waals surface area contributed by atoms with Crippen LogP contribution < -0.4 is 20.3 Å². The van der Waals surface area contributed by atoms with Crippen molar-refractivity contribution in [3.05, 3.63) is 51.9 Å². The predicted octanol–water partition coefficient (Wildman–Crippen LogP) is 1.13. The fourth-order valence-electron chi connectivity index (χ4n) is 3.00. The third kappa shape index (κ3) is 4.57. The Kier molecular flexibility index (Phi) is 6.18. The van der Waals surface area contributed by atoms with Gasteiger partial charge in [0, 0.05) is 38.0 Å². The molecule has 0 saturated carbocycles. The number of nitrogens with zero attached hydrogens (tertiary/aromatic N) is 2. The summed E-state index contributed by atoms with van der Waals surface area (Å²) in [5.74, 6) is 0.148. The fraction of sp³-hybridized carbons (Fsp3) is 0.350. The molecule has 0 radical (unpaired) electrons. The Balaban J connectivity index is 1.89. The Hall–Kier alpha value is -3.33. The van der Waals surface area contributed by atoms with Crippen LogP contribution in [0.2, 0.25) is 0 Å². The van der Waals surface area contributed by atoms with Crippen LogP contribution in [-0.4, -0.2) is 61.8 Å². The van der Waals surface area contributed by atoms with Gasteiger partial charge in [0.15, 0.2) is 0 Å². The molecule has 1 aliphatic rings. The van der Waals surface area contributed by atoms with E-state index < -0.39 is 11.5 Å². The van der Waals surface area contributed by atoms with Crippen molar-refractivity contribution >= 4 is 17.5 Å². The molecule has 29 heavy (non-hydrogen) atoms. The van der Waals surface area contributed by atoms with E-state index in [0.717, 1.165) is 0 Å². The van der Waals surface area contributed by atoms with Crippen LogP contribution in [-0.2, 0) is 11.8 Å². The van der Waals surface area contributed by atoms with Gasteiger partial charge in [-0.1, -0.05) is 0 Å². The summed E-state index contributed by atoms with van der Waals surface area (Å²) in [6.07, 6.45) is 1.46. The predicted molar refractivity (Wildman–Crippen MR) is 106 cm³/mol. The van der Waals surface area contributed by atoms with E-state index in [4.69, 9.17) is 14.2 Å². The van der Waals surface area contributed by atoms with E-state index in [1.807, 2.05) is 0 Å². The van der Waals surface area contributed by atoms with Gasteiger partial charge in [0.1, 0.15) is 17.2 Å². The number of nitrogens with one attached hydrogen (secondary N) is 1. The van der Waals surface area contributed by atoms with Crippen molar-refractivity contribution in [2.24, 2.45) is 7.05 Å². The molecule has 1 saturated heterocycles. The summed E-state index contributed by atoms with van der Waals surface area (Å²) in [7, 11) is 4.49. The van der Waals surface area contributed by atoms with E-state index in [2.05, 4.69) is 5.32 Å². The largest absolute Gasteiger partial charge is 0.497 e. The number of hydrogen-bond acceptors (Lipinski definition) is 6. The second-order valence-electron chi connectivity index (χ2n) is 6.52. The molecule has 1 fully saturated rings. The number of benzene rings is 1. The molecule has 9 nitrogen and oxygen atoms in total. The molecule has 0 aliphatic carbocycles. The highest BCUT2D eigenvalue weighted by atomic mass is 16.5. The maximum absolute atomic E-state index is 12.7. The molecule has 1 N–H and O–H groups in total. The fourth-order valence-corrected chi connectivity index (χ4v) is 3.00. The maximum Gasteiger partial charge on any atom is 0.274 e. The minimum Gasteiger partial charge on any atom is -0.497 e. The number of carbonyl (C=O) groups excluding carboxylic acids is 2. The molecule has 1 aromatic carbocycles. The minimum absolute atomic E-state index is 0.0124. The molecule has 0 bridgehead atoms. The molecule has 0 atom stereocenters. The summed E-state index contributed by atoms with van der Waals surface area (Å²) in [6.45, 7) is 1.90. The van der Waals surface area contributed by atoms with Crippen LogP contribution in [0.25, 0.3) is 0 Å². The highest BCUT2D eigenvalue weighted by Crippen LogP contribution is 2.23. The van der Waals surface area contributed by atoms with Gasteiger partial charge in [-0.2, -0.15) is 0 Å². The van der Waals surface area contributed by atoms with Gasteiger partial charge in [-0.15, -0.1) is 0 Å². The van der Waals surface area contributed by atoms with Gasteiger partial charge in [0.05, 0.1) is 33.0 Å². The number of rotatable bonds is 5. The van der Waals surface area contributed by atoms with Gasteiger partial charge in [-0.25, -0.2) is 0 Å². The summed E-state index contributed by atoms with van der Waals surface area (Å²) < 4.78 is 16.9. The highest BCUT2D eigenvalue weighted by Gasteiger charge is 2.21. The van der Waals surface area contributed by atoms with Crippen LogP contribution in [0.1, 0.15) is 20.7 Å². The Labute approximate surface area is 167 Å². The number of anilines is 1. The zero-order chi connectivity index (χ0) is 21.0. The van der Waals surface area contributed by atoms with Crippen molar-refractivity contribution in [2.75, 3.05) is 45.8 Å². The number of pyridine rings is 1. The highest BCUT2D eigenvalue weighted by molar-refractivity contribution is 6.05. The first-order chi connectivity index (χ1) is 13.9. The Bertz CT molecular complexity index is 956. The molecule has 1 aromatic heterocycles. The summed E-state index contributed by atoms with van der Waals surface area (Å²) in [6, 6.07) is 6.10. The average Bonchev–Trinajstić information content (AvgIpc) is 2.76. The topological polar surface area (TPSA) is 99.1 Å². The average molecular weight is 401 g/mol. The number of carbonyl (C=O) groups is 2. The normalized spacial score (nSPS) is 13.7. The van der Waals surface area contributed by atoms with Crippen molar-refractivity contribution in [3.63, 3.8) is 0 Å². The molecule has 0 unspecified atom stereocenters. The third-order valence-corrected chi connectivity index (χ3v) is 4.59. The molecule has 154 valence electrons. The Morgan fingerprint density at radius 1 is 1.00 bits per heavy atom. The second-order valence-corrected chi connectivity index (χ2v) is 6.52. The Morgan fingerprint density at radius 2 is 1.62 bits per heavy atom. The van der Waals surface area contributed by atoms with E-state index in [1.165, 1.54) is 50.2 Å². The van der Waals surface area contributed by atoms with E-state index in [-0.39, 0.29) is 17.2 Å². The lowest BCUT2D eigenvalue weighted by molar-refractivity contribution is 0.0302. The van der Waals surface area contributed by atoms with Crippen LogP contribution in [0, 0.1) is 0 Å². The number of hydrogen-bond donors (Lipinski definition) is 1. The van der Waals surface area contributed by atoms with Crippen molar-refractivity contribution in [3.8, 4) is 11.5 Å². The lowest BCUT2D eigenvalue weighted by atomic mass is 10.1. The van der Waals surface area contributed by atoms with Crippen LogP contribution in [0.4, 0.5) is 5.69 Å². The van der Waals surface area contributed by atoms with Gasteiger partial charge in [0.2, 0.25) is 0 Å². The first-order valence-corrected chi connectivity index (χ1v) is 9.05. The van der Waals surface area contributed by atoms with Gasteiger partial charge in [-0.3, -0.25) is 14.4 Å². The zero-order valence-corrected chi connectivity index (χ0v) is 16.6. The van der Waals surface area contributed by atoms with Crippen LogP contribution in [0.3, 0.4) is 0 Å². The number of morpholine rings is 1. The smallest absolute Gasteiger partial charge is 0.274 e. The molecule has 0 spiro atoms. The van der Waals surface area contributed by atoms with Crippen molar-refractivity contribution in [1.82, 2.24) is 9.47 Å². The zero-order valence-electron chi connectivity index (χ0n) is 16.6. The van der Waals surface area contributed by atoms with E-state index >= 15 is 0 Å². The number of aromatic nitrogens is 1. The minimum atomic E-state index is -0.518. The molecular weight excluding hydrogens is 378 g/mol. The van der Waals surface area contributed by atoms with E-state index in [1.54, 1.807) is 11.0 Å². The first-order valence-electron chi connectivity index (χ1n) is 9.05. The van der Waals surface area contributed by atoms with Gasteiger partial charge in [0.25, 0.3) is 17.4 Å². The van der Waals surface area contributed by atoms with E-state index in [9.17, 15) is 14.4 Å². The number of aryl methyl sites for hydroxylation is 1. The molecule has 1 aliphatic heterocycles. The molecule has 2 amide bonds. The van der Waals surface area contributed by atoms with Gasteiger partial charge in [-0.05, 0) is 18.2 Å². The number of amides is 2. The lowest BCUT2D eigenvalue weighted by Crippen LogP contribution is -2.41. The molecule has 9 heteroatoms. The SMILES string of the molecule is COc1cc(OC)cc(C(=O)Nc2cc(C(=O)N3CCOCC3)cn(C)c2=O)c1. The second kappa shape index (κ2) is 8.78. The van der Waals surface area contributed by atoms with E-state index in [0.29, 0.717) is 43.4 Å². The summed E-state index contributed by atoms with van der Waals surface area (Å²) in [5, 5.41) is 2.59. The monoisotopic (exact) mass is 401 g/mol. The van der Waals surface area contributed by atoms with Crippen LogP contribution >= 0.6 is 0 Å². The molecule has 2 aromatic rings. The number of methoxy groups -OCH3 is 2. The standard InChI is InChI=1S/C20H23N3O6/c1-22-12-14(19(25)23-4-6-29-7-5-23)10-17(20(22)26)21-18(24)13-8-15(27-2)11-16(9-13)28-3/h8-12H,4-7H2,1-3H3,(H,21,24). The van der Waals surface area contributed by atoms with Crippen LogP contribution in [0.15, 0.2) is 35.3 Å². The molecule has 3 rings (SSSR count). The quantitative estimate of drug-likeness (QED) is 0.806. The summed E-state index contributed by atoms with van der Waals surface area (Å²) in [5.41, 5.74) is 0.158. The van der Waals surface area contributed by atoms with Crippen LogP contribution in [0.5, 0.6) is 11.5 Å². The molecular formula is C20H23N3O6. The number of ether oxygens (including phenoxy) is 3. The van der Waals surface area contributed by atoms with Gasteiger partial charge < -0.3 is 29.0 Å². The van der Waals surface area contributed by atoms with Gasteiger partial charge >= 0.3 is 0 Å². The molecule has 2 heterocycles. The van der Waals surface area contributed by atoms with Crippen molar-refractivity contribution < 1.29 is 23.8 Å². The third-order valence-electron chi connectivity index (χ3n) is 4.59. The van der Waals surface area contributed by atoms with Crippen molar-refractivity contribution in [2.45, 2.75) is 0 Å². The summed E-state index contributed by atoms with van der Waals surface area (Å²) >= 11 is 0. The Morgan fingerprint density at radius 3 is 2.21 bits per heavy atom. The lowest BCUT2D eigenvalue weighted by Gasteiger charge is -2.27.